The van der Waals surface area contributed by atoms with Crippen molar-refractivity contribution in [2.75, 3.05) is 5.32 Å². The van der Waals surface area contributed by atoms with E-state index in [-0.39, 0.29) is 18.0 Å². The van der Waals surface area contributed by atoms with Crippen LogP contribution in [0, 0.1) is 11.6 Å². The van der Waals surface area contributed by atoms with Gasteiger partial charge >= 0.3 is 0 Å². The summed E-state index contributed by atoms with van der Waals surface area (Å²) in [5.74, 6) is -1.64. The summed E-state index contributed by atoms with van der Waals surface area (Å²) in [5, 5.41) is 2.34. The van der Waals surface area contributed by atoms with Gasteiger partial charge in [-0.25, -0.2) is 8.78 Å². The molecule has 0 radical (unpaired) electrons. The minimum atomic E-state index is -0.660. The van der Waals surface area contributed by atoms with Crippen LogP contribution in [0.1, 0.15) is 12.1 Å². The average molecular weight is 262 g/mol. The zero-order chi connectivity index (χ0) is 13.7. The van der Waals surface area contributed by atoms with E-state index in [0.29, 0.717) is 6.42 Å². The molecule has 1 amide bonds. The van der Waals surface area contributed by atoms with Crippen LogP contribution in [0.15, 0.2) is 42.6 Å². The molecule has 0 atom stereocenters. The van der Waals surface area contributed by atoms with Crippen molar-refractivity contribution in [1.82, 2.24) is 4.98 Å². The number of rotatable bonds is 4. The number of nitrogens with zero attached hydrogens (tertiary/aromatic N) is 1. The number of carbonyl (C=O) groups excluding carboxylic acids is 1. The summed E-state index contributed by atoms with van der Waals surface area (Å²) in [4.78, 5) is 15.7. The molecule has 2 aromatic rings. The molecule has 5 heteroatoms. The van der Waals surface area contributed by atoms with Gasteiger partial charge in [-0.15, -0.1) is 0 Å². The van der Waals surface area contributed by atoms with E-state index in [2.05, 4.69) is 10.3 Å². The van der Waals surface area contributed by atoms with Gasteiger partial charge < -0.3 is 5.32 Å². The van der Waals surface area contributed by atoms with Gasteiger partial charge in [0.15, 0.2) is 0 Å². The van der Waals surface area contributed by atoms with Crippen LogP contribution in [0.5, 0.6) is 0 Å². The van der Waals surface area contributed by atoms with E-state index in [1.165, 1.54) is 0 Å². The molecule has 0 unspecified atom stereocenters. The number of amides is 1. The molecular formula is C14H12F2N2O. The summed E-state index contributed by atoms with van der Waals surface area (Å²) < 4.78 is 26.2. The van der Waals surface area contributed by atoms with Gasteiger partial charge in [-0.05, 0) is 30.7 Å². The van der Waals surface area contributed by atoms with Crippen LogP contribution in [-0.4, -0.2) is 10.9 Å². The fraction of sp³-hybridized carbons (Fsp3) is 0.143. The summed E-state index contributed by atoms with van der Waals surface area (Å²) in [7, 11) is 0. The second kappa shape index (κ2) is 6.04. The molecule has 0 aliphatic heterocycles. The number of anilines is 1. The first-order valence-corrected chi connectivity index (χ1v) is 5.80. The summed E-state index contributed by atoms with van der Waals surface area (Å²) in [6, 6.07) is 8.34. The van der Waals surface area contributed by atoms with Crippen molar-refractivity contribution in [2.45, 2.75) is 12.8 Å². The molecule has 98 valence electrons. The molecule has 1 N–H and O–H groups in total. The largest absolute Gasteiger partial charge is 0.324 e. The Morgan fingerprint density at radius 1 is 1.21 bits per heavy atom. The van der Waals surface area contributed by atoms with E-state index in [0.717, 1.165) is 23.9 Å². The van der Waals surface area contributed by atoms with Crippen LogP contribution in [0.3, 0.4) is 0 Å². The summed E-state index contributed by atoms with van der Waals surface area (Å²) in [5.41, 5.74) is 0.628. The van der Waals surface area contributed by atoms with Gasteiger partial charge in [0.2, 0.25) is 5.91 Å². The van der Waals surface area contributed by atoms with Crippen molar-refractivity contribution in [3.05, 3.63) is 59.9 Å². The quantitative estimate of drug-likeness (QED) is 0.920. The van der Waals surface area contributed by atoms with Gasteiger partial charge in [-0.2, -0.15) is 0 Å². The highest BCUT2D eigenvalue weighted by Gasteiger charge is 2.08. The Labute approximate surface area is 109 Å². The molecule has 0 saturated heterocycles. The number of aryl methyl sites for hydroxylation is 1. The third-order valence-corrected chi connectivity index (χ3v) is 2.54. The highest BCUT2D eigenvalue weighted by atomic mass is 19.1. The molecule has 0 fully saturated rings. The van der Waals surface area contributed by atoms with Gasteiger partial charge in [-0.1, -0.05) is 6.07 Å². The normalized spacial score (nSPS) is 10.2. The van der Waals surface area contributed by atoms with Crippen LogP contribution < -0.4 is 5.32 Å². The topological polar surface area (TPSA) is 42.0 Å². The number of aromatic nitrogens is 1. The van der Waals surface area contributed by atoms with E-state index in [1.807, 2.05) is 6.07 Å². The SMILES string of the molecule is O=C(CCc1ccccn1)Nc1cc(F)ccc1F. The first-order chi connectivity index (χ1) is 9.15. The number of carbonyl (C=O) groups is 1. The van der Waals surface area contributed by atoms with E-state index in [4.69, 9.17) is 0 Å². The van der Waals surface area contributed by atoms with Gasteiger partial charge in [0.05, 0.1) is 5.69 Å². The van der Waals surface area contributed by atoms with E-state index >= 15 is 0 Å². The average Bonchev–Trinajstić information content (AvgIpc) is 2.42. The minimum absolute atomic E-state index is 0.147. The molecular weight excluding hydrogens is 250 g/mol. The fourth-order valence-corrected chi connectivity index (χ4v) is 1.59. The van der Waals surface area contributed by atoms with E-state index in [9.17, 15) is 13.6 Å². The number of halogens is 2. The van der Waals surface area contributed by atoms with Crippen LogP contribution in [-0.2, 0) is 11.2 Å². The lowest BCUT2D eigenvalue weighted by atomic mass is 10.2. The molecule has 3 nitrogen and oxygen atoms in total. The maximum atomic E-state index is 13.3. The van der Waals surface area contributed by atoms with Gasteiger partial charge in [-0.3, -0.25) is 9.78 Å². The molecule has 0 aliphatic carbocycles. The number of benzene rings is 1. The third-order valence-electron chi connectivity index (χ3n) is 2.54. The molecule has 1 aromatic heterocycles. The van der Waals surface area contributed by atoms with Gasteiger partial charge in [0, 0.05) is 24.4 Å². The molecule has 0 aliphatic rings. The number of nitrogens with one attached hydrogen (secondary N) is 1. The molecule has 0 saturated carbocycles. The summed E-state index contributed by atoms with van der Waals surface area (Å²) in [6.45, 7) is 0. The molecule has 0 bridgehead atoms. The predicted molar refractivity (Wildman–Crippen MR) is 67.5 cm³/mol. The third kappa shape index (κ3) is 3.84. The lowest BCUT2D eigenvalue weighted by molar-refractivity contribution is -0.116. The highest BCUT2D eigenvalue weighted by Crippen LogP contribution is 2.15. The first-order valence-electron chi connectivity index (χ1n) is 5.80. The Kier molecular flexibility index (Phi) is 4.18. The lowest BCUT2D eigenvalue weighted by Gasteiger charge is -2.06. The second-order valence-electron chi connectivity index (χ2n) is 3.99. The Balaban J connectivity index is 1.93. The van der Waals surface area contributed by atoms with E-state index < -0.39 is 11.6 Å². The van der Waals surface area contributed by atoms with Crippen LogP contribution in [0.4, 0.5) is 14.5 Å². The number of hydrogen-bond donors (Lipinski definition) is 1. The molecule has 0 spiro atoms. The van der Waals surface area contributed by atoms with E-state index in [1.54, 1.807) is 18.3 Å². The van der Waals surface area contributed by atoms with Crippen LogP contribution in [0.2, 0.25) is 0 Å². The van der Waals surface area contributed by atoms with Crippen molar-refractivity contribution in [1.29, 1.82) is 0 Å². The van der Waals surface area contributed by atoms with Crippen molar-refractivity contribution in [3.63, 3.8) is 0 Å². The molecule has 1 aromatic carbocycles. The summed E-state index contributed by atoms with van der Waals surface area (Å²) >= 11 is 0. The van der Waals surface area contributed by atoms with Gasteiger partial charge in [0.1, 0.15) is 11.6 Å². The van der Waals surface area contributed by atoms with Crippen molar-refractivity contribution in [3.8, 4) is 0 Å². The zero-order valence-corrected chi connectivity index (χ0v) is 10.1. The Hall–Kier alpha value is -2.30. The summed E-state index contributed by atoms with van der Waals surface area (Å²) in [6.07, 6.45) is 2.25. The van der Waals surface area contributed by atoms with Crippen LogP contribution in [0.25, 0.3) is 0 Å². The Morgan fingerprint density at radius 2 is 2.05 bits per heavy atom. The Morgan fingerprint density at radius 3 is 2.79 bits per heavy atom. The standard InChI is InChI=1S/C14H12F2N2O/c15-10-4-6-12(16)13(9-10)18-14(19)7-5-11-3-1-2-8-17-11/h1-4,6,8-9H,5,7H2,(H,18,19). The van der Waals surface area contributed by atoms with Gasteiger partial charge in [0.25, 0.3) is 0 Å². The number of pyridine rings is 1. The highest BCUT2D eigenvalue weighted by molar-refractivity contribution is 5.90. The monoisotopic (exact) mass is 262 g/mol. The maximum absolute atomic E-state index is 13.3. The second-order valence-corrected chi connectivity index (χ2v) is 3.99. The first kappa shape index (κ1) is 13.1. The molecule has 1 heterocycles. The molecule has 2 rings (SSSR count). The Bertz CT molecular complexity index is 573. The molecule has 19 heavy (non-hydrogen) atoms. The lowest BCUT2D eigenvalue weighted by Crippen LogP contribution is -2.13. The van der Waals surface area contributed by atoms with Crippen molar-refractivity contribution in [2.24, 2.45) is 0 Å². The fourth-order valence-electron chi connectivity index (χ4n) is 1.59. The zero-order valence-electron chi connectivity index (χ0n) is 10.1. The number of hydrogen-bond acceptors (Lipinski definition) is 2. The van der Waals surface area contributed by atoms with Crippen molar-refractivity contribution < 1.29 is 13.6 Å². The maximum Gasteiger partial charge on any atom is 0.224 e. The van der Waals surface area contributed by atoms with Crippen LogP contribution >= 0.6 is 0 Å². The smallest absolute Gasteiger partial charge is 0.224 e. The van der Waals surface area contributed by atoms with Crippen molar-refractivity contribution >= 4 is 11.6 Å². The minimum Gasteiger partial charge on any atom is -0.324 e. The predicted octanol–water partition coefficient (Wildman–Crippen LogP) is 2.93.